The van der Waals surface area contributed by atoms with Crippen LogP contribution >= 0.6 is 11.6 Å². The van der Waals surface area contributed by atoms with Gasteiger partial charge in [0.15, 0.2) is 0 Å². The number of anilines is 1. The molecule has 1 saturated heterocycles. The maximum absolute atomic E-state index is 6.34. The third-order valence-corrected chi connectivity index (χ3v) is 4.98. The smallest absolute Gasteiger partial charge is 0.143 e. The number of fused-ring (bicyclic) bond motifs is 1. The summed E-state index contributed by atoms with van der Waals surface area (Å²) < 4.78 is 6.34. The SMILES string of the molecule is CC(C)(C)[C@H]1O[C@@H]2Nc3ccc(Cl)cc3[C@@]23CCN=C13. The van der Waals surface area contributed by atoms with Crippen molar-refractivity contribution in [3.8, 4) is 0 Å². The Morgan fingerprint density at radius 3 is 2.95 bits per heavy atom. The zero-order valence-corrected chi connectivity index (χ0v) is 12.8. The molecule has 0 aromatic heterocycles. The van der Waals surface area contributed by atoms with Crippen LogP contribution in [0.1, 0.15) is 32.8 Å². The molecular formula is C16H19ClN2O. The van der Waals surface area contributed by atoms with Crippen molar-refractivity contribution in [2.24, 2.45) is 10.4 Å². The molecule has 1 fully saturated rings. The molecule has 4 heteroatoms. The molecule has 3 atom stereocenters. The Labute approximate surface area is 124 Å². The predicted molar refractivity (Wildman–Crippen MR) is 81.8 cm³/mol. The molecule has 0 saturated carbocycles. The highest BCUT2D eigenvalue weighted by Crippen LogP contribution is 2.55. The van der Waals surface area contributed by atoms with Gasteiger partial charge in [0.25, 0.3) is 0 Å². The minimum absolute atomic E-state index is 0.00133. The fourth-order valence-electron chi connectivity index (χ4n) is 3.86. The largest absolute Gasteiger partial charge is 0.359 e. The molecule has 0 unspecified atom stereocenters. The lowest BCUT2D eigenvalue weighted by Gasteiger charge is -2.28. The van der Waals surface area contributed by atoms with E-state index in [1.54, 1.807) is 0 Å². The lowest BCUT2D eigenvalue weighted by Crippen LogP contribution is -2.40. The van der Waals surface area contributed by atoms with Crippen LogP contribution in [0.3, 0.4) is 0 Å². The zero-order valence-electron chi connectivity index (χ0n) is 12.0. The van der Waals surface area contributed by atoms with Gasteiger partial charge in [0, 0.05) is 17.3 Å². The second-order valence-corrected chi connectivity index (χ2v) is 7.52. The summed E-state index contributed by atoms with van der Waals surface area (Å²) in [5.74, 6) is 0. The Morgan fingerprint density at radius 2 is 2.20 bits per heavy atom. The third kappa shape index (κ3) is 1.43. The highest BCUT2D eigenvalue weighted by Gasteiger charge is 2.62. The lowest BCUT2D eigenvalue weighted by atomic mass is 9.72. The van der Waals surface area contributed by atoms with E-state index in [1.165, 1.54) is 11.3 Å². The maximum atomic E-state index is 6.34. The molecule has 3 aliphatic heterocycles. The molecule has 0 bridgehead atoms. The summed E-state index contributed by atoms with van der Waals surface area (Å²) >= 11 is 6.22. The van der Waals surface area contributed by atoms with Crippen LogP contribution in [0.25, 0.3) is 0 Å². The van der Waals surface area contributed by atoms with Crippen molar-refractivity contribution in [3.05, 3.63) is 28.8 Å². The van der Waals surface area contributed by atoms with Gasteiger partial charge in [-0.1, -0.05) is 32.4 Å². The van der Waals surface area contributed by atoms with Crippen LogP contribution in [-0.2, 0) is 10.2 Å². The van der Waals surface area contributed by atoms with Crippen LogP contribution in [0.4, 0.5) is 5.69 Å². The van der Waals surface area contributed by atoms with Gasteiger partial charge in [-0.05, 0) is 35.6 Å². The molecule has 20 heavy (non-hydrogen) atoms. The lowest BCUT2D eigenvalue weighted by molar-refractivity contribution is 0.00167. The van der Waals surface area contributed by atoms with Gasteiger partial charge in [-0.25, -0.2) is 0 Å². The van der Waals surface area contributed by atoms with E-state index in [4.69, 9.17) is 21.3 Å². The summed E-state index contributed by atoms with van der Waals surface area (Å²) in [6.45, 7) is 7.53. The fraction of sp³-hybridized carbons (Fsp3) is 0.562. The van der Waals surface area contributed by atoms with Crippen molar-refractivity contribution in [2.75, 3.05) is 11.9 Å². The number of nitrogens with one attached hydrogen (secondary N) is 1. The molecule has 0 amide bonds. The van der Waals surface area contributed by atoms with Crippen LogP contribution < -0.4 is 5.32 Å². The van der Waals surface area contributed by atoms with E-state index in [9.17, 15) is 0 Å². The summed E-state index contributed by atoms with van der Waals surface area (Å²) in [5.41, 5.74) is 3.57. The van der Waals surface area contributed by atoms with Crippen molar-refractivity contribution in [1.82, 2.24) is 0 Å². The standard InChI is InChI=1S/C16H19ClN2O/c1-15(2,3)13-12-16(6-7-18-12)10-8-9(17)4-5-11(10)19-14(16)20-13/h4-5,8,13-14,19H,6-7H2,1-3H3/t13-,14-,16+/m0/s1. The summed E-state index contributed by atoms with van der Waals surface area (Å²) in [5, 5.41) is 4.31. The number of hydrogen-bond acceptors (Lipinski definition) is 3. The molecule has 3 aliphatic rings. The number of rotatable bonds is 0. The quantitative estimate of drug-likeness (QED) is 0.792. The molecular weight excluding hydrogens is 272 g/mol. The van der Waals surface area contributed by atoms with E-state index >= 15 is 0 Å². The Morgan fingerprint density at radius 1 is 1.40 bits per heavy atom. The van der Waals surface area contributed by atoms with Crippen molar-refractivity contribution < 1.29 is 4.74 Å². The number of benzene rings is 1. The van der Waals surface area contributed by atoms with Crippen LogP contribution in [0.2, 0.25) is 5.02 Å². The van der Waals surface area contributed by atoms with Crippen molar-refractivity contribution in [2.45, 2.75) is 44.9 Å². The topological polar surface area (TPSA) is 33.6 Å². The second-order valence-electron chi connectivity index (χ2n) is 7.08. The average Bonchev–Trinajstić information content (AvgIpc) is 2.96. The van der Waals surface area contributed by atoms with Crippen molar-refractivity contribution in [3.63, 3.8) is 0 Å². The minimum Gasteiger partial charge on any atom is -0.359 e. The van der Waals surface area contributed by atoms with Crippen LogP contribution in [0.5, 0.6) is 0 Å². The molecule has 3 heterocycles. The molecule has 4 rings (SSSR count). The van der Waals surface area contributed by atoms with E-state index < -0.39 is 0 Å². The minimum atomic E-state index is -0.0990. The van der Waals surface area contributed by atoms with Gasteiger partial charge in [0.05, 0.1) is 11.1 Å². The first-order chi connectivity index (χ1) is 9.43. The maximum Gasteiger partial charge on any atom is 0.143 e. The monoisotopic (exact) mass is 290 g/mol. The Kier molecular flexibility index (Phi) is 2.39. The zero-order chi connectivity index (χ0) is 14.1. The molecule has 1 aromatic rings. The summed E-state index contributed by atoms with van der Waals surface area (Å²) in [6, 6.07) is 6.06. The number of ether oxygens (including phenoxy) is 1. The summed E-state index contributed by atoms with van der Waals surface area (Å²) in [4.78, 5) is 4.82. The van der Waals surface area contributed by atoms with E-state index in [2.05, 4.69) is 38.2 Å². The number of aliphatic imine (C=N–C) groups is 1. The molecule has 106 valence electrons. The van der Waals surface area contributed by atoms with E-state index in [-0.39, 0.29) is 23.2 Å². The van der Waals surface area contributed by atoms with Crippen molar-refractivity contribution >= 4 is 23.0 Å². The summed E-state index contributed by atoms with van der Waals surface area (Å²) in [6.07, 6.45) is 1.09. The van der Waals surface area contributed by atoms with Gasteiger partial charge in [-0.15, -0.1) is 0 Å². The highest BCUT2D eigenvalue weighted by atomic mass is 35.5. The summed E-state index contributed by atoms with van der Waals surface area (Å²) in [7, 11) is 0. The first-order valence-electron chi connectivity index (χ1n) is 7.20. The predicted octanol–water partition coefficient (Wildman–Crippen LogP) is 3.62. The molecule has 0 aliphatic carbocycles. The van der Waals surface area contributed by atoms with Gasteiger partial charge in [0.1, 0.15) is 12.3 Å². The van der Waals surface area contributed by atoms with Crippen LogP contribution in [0, 0.1) is 5.41 Å². The first-order valence-corrected chi connectivity index (χ1v) is 7.57. The Bertz CT molecular complexity index is 619. The number of hydrogen-bond donors (Lipinski definition) is 1. The number of halogens is 1. The molecule has 0 radical (unpaired) electrons. The first kappa shape index (κ1) is 12.7. The average molecular weight is 291 g/mol. The van der Waals surface area contributed by atoms with E-state index in [0.29, 0.717) is 0 Å². The van der Waals surface area contributed by atoms with Gasteiger partial charge in [-0.3, -0.25) is 4.99 Å². The van der Waals surface area contributed by atoms with Crippen LogP contribution in [-0.4, -0.2) is 24.6 Å². The third-order valence-electron chi connectivity index (χ3n) is 4.75. The Hall–Kier alpha value is -1.06. The van der Waals surface area contributed by atoms with Crippen LogP contribution in [0.15, 0.2) is 23.2 Å². The second kappa shape index (κ2) is 3.77. The Balaban J connectivity index is 1.89. The molecule has 1 spiro atoms. The van der Waals surface area contributed by atoms with Gasteiger partial charge >= 0.3 is 0 Å². The van der Waals surface area contributed by atoms with Crippen molar-refractivity contribution in [1.29, 1.82) is 0 Å². The fourth-order valence-corrected chi connectivity index (χ4v) is 4.03. The van der Waals surface area contributed by atoms with E-state index in [0.717, 1.165) is 23.7 Å². The normalized spacial score (nSPS) is 34.3. The molecule has 1 N–H and O–H groups in total. The van der Waals surface area contributed by atoms with Gasteiger partial charge < -0.3 is 10.1 Å². The van der Waals surface area contributed by atoms with E-state index in [1.807, 2.05) is 6.07 Å². The van der Waals surface area contributed by atoms with Gasteiger partial charge in [-0.2, -0.15) is 0 Å². The van der Waals surface area contributed by atoms with Gasteiger partial charge in [0.2, 0.25) is 0 Å². The molecule has 1 aromatic carbocycles. The molecule has 3 nitrogen and oxygen atoms in total. The highest BCUT2D eigenvalue weighted by molar-refractivity contribution is 6.30. The number of nitrogens with zero attached hydrogens (tertiary/aromatic N) is 1.